The van der Waals surface area contributed by atoms with Crippen LogP contribution in [0.15, 0.2) is 36.4 Å². The lowest BCUT2D eigenvalue weighted by Crippen LogP contribution is -1.86. The Labute approximate surface area is 132 Å². The molecule has 0 amide bonds. The van der Waals surface area contributed by atoms with Gasteiger partial charge in [0.25, 0.3) is 0 Å². The van der Waals surface area contributed by atoms with Crippen molar-refractivity contribution < 1.29 is 0 Å². The first-order chi connectivity index (χ1) is 10.4. The molecule has 0 atom stereocenters. The van der Waals surface area contributed by atoms with E-state index in [1.54, 1.807) is 0 Å². The summed E-state index contributed by atoms with van der Waals surface area (Å²) in [4.78, 5) is 0. The van der Waals surface area contributed by atoms with Gasteiger partial charge in [-0.15, -0.1) is 0 Å². The van der Waals surface area contributed by atoms with E-state index in [1.165, 1.54) is 81.8 Å². The standard InChI is InChI=1S/C21H34/c1-3-5-6-7-8-9-10-11-12-14-17-20(4-2)21-18-15-13-16-19-21/h4,13,15-16,18-19H,3,5-12,14,17H2,1-2H3. The zero-order valence-corrected chi connectivity index (χ0v) is 14.2. The average Bonchev–Trinajstić information content (AvgIpc) is 2.54. The van der Waals surface area contributed by atoms with E-state index in [0.717, 1.165) is 0 Å². The van der Waals surface area contributed by atoms with Gasteiger partial charge in [0, 0.05) is 0 Å². The second-order valence-electron chi connectivity index (χ2n) is 6.11. The summed E-state index contributed by atoms with van der Waals surface area (Å²) in [6.07, 6.45) is 17.7. The van der Waals surface area contributed by atoms with Crippen LogP contribution in [0.2, 0.25) is 0 Å². The summed E-state index contributed by atoms with van der Waals surface area (Å²) in [5.74, 6) is 0. The number of rotatable bonds is 12. The number of allylic oxidation sites excluding steroid dienone is 2. The molecule has 0 saturated carbocycles. The van der Waals surface area contributed by atoms with E-state index in [2.05, 4.69) is 50.3 Å². The van der Waals surface area contributed by atoms with Gasteiger partial charge in [-0.2, -0.15) is 0 Å². The van der Waals surface area contributed by atoms with Crippen LogP contribution in [0.5, 0.6) is 0 Å². The van der Waals surface area contributed by atoms with Crippen molar-refractivity contribution in [1.29, 1.82) is 0 Å². The lowest BCUT2D eigenvalue weighted by atomic mass is 9.98. The molecule has 0 unspecified atom stereocenters. The normalized spacial score (nSPS) is 11.8. The third-order valence-electron chi connectivity index (χ3n) is 4.29. The lowest BCUT2D eigenvalue weighted by Gasteiger charge is -2.07. The molecule has 0 spiro atoms. The first kappa shape index (κ1) is 18.0. The van der Waals surface area contributed by atoms with Gasteiger partial charge in [-0.25, -0.2) is 0 Å². The molecule has 0 heteroatoms. The first-order valence-corrected chi connectivity index (χ1v) is 9.09. The molecule has 0 aliphatic rings. The minimum Gasteiger partial charge on any atom is -0.0838 e. The molecule has 0 aliphatic carbocycles. The van der Waals surface area contributed by atoms with Gasteiger partial charge < -0.3 is 0 Å². The van der Waals surface area contributed by atoms with Crippen LogP contribution in [0.25, 0.3) is 5.57 Å². The van der Waals surface area contributed by atoms with Gasteiger partial charge in [0.15, 0.2) is 0 Å². The topological polar surface area (TPSA) is 0 Å². The minimum atomic E-state index is 1.23. The highest BCUT2D eigenvalue weighted by atomic mass is 14.1. The van der Waals surface area contributed by atoms with E-state index >= 15 is 0 Å². The number of unbranched alkanes of at least 4 members (excludes halogenated alkanes) is 9. The van der Waals surface area contributed by atoms with Crippen molar-refractivity contribution in [3.8, 4) is 0 Å². The predicted octanol–water partition coefficient (Wildman–Crippen LogP) is 7.40. The monoisotopic (exact) mass is 286 g/mol. The predicted molar refractivity (Wildman–Crippen MR) is 96.6 cm³/mol. The fraction of sp³-hybridized carbons (Fsp3) is 0.619. The Kier molecular flexibility index (Phi) is 10.9. The van der Waals surface area contributed by atoms with Crippen LogP contribution >= 0.6 is 0 Å². The van der Waals surface area contributed by atoms with Gasteiger partial charge in [0.05, 0.1) is 0 Å². The molecule has 0 aliphatic heterocycles. The molecule has 0 radical (unpaired) electrons. The van der Waals surface area contributed by atoms with Gasteiger partial charge >= 0.3 is 0 Å². The summed E-state index contributed by atoms with van der Waals surface area (Å²) in [6, 6.07) is 10.8. The summed E-state index contributed by atoms with van der Waals surface area (Å²) in [6.45, 7) is 4.45. The third-order valence-corrected chi connectivity index (χ3v) is 4.29. The Morgan fingerprint density at radius 1 is 0.762 bits per heavy atom. The van der Waals surface area contributed by atoms with Gasteiger partial charge in [0.2, 0.25) is 0 Å². The van der Waals surface area contributed by atoms with E-state index in [4.69, 9.17) is 0 Å². The molecule has 21 heavy (non-hydrogen) atoms. The zero-order chi connectivity index (χ0) is 15.2. The number of hydrogen-bond acceptors (Lipinski definition) is 0. The Hall–Kier alpha value is -1.04. The second-order valence-corrected chi connectivity index (χ2v) is 6.11. The number of benzene rings is 1. The van der Waals surface area contributed by atoms with E-state index in [1.807, 2.05) is 0 Å². The van der Waals surface area contributed by atoms with Crippen molar-refractivity contribution in [3.63, 3.8) is 0 Å². The molecule has 1 aromatic rings. The van der Waals surface area contributed by atoms with Crippen LogP contribution in [0.1, 0.15) is 90.0 Å². The Balaban J connectivity index is 2.01. The highest BCUT2D eigenvalue weighted by Crippen LogP contribution is 2.21. The van der Waals surface area contributed by atoms with Crippen molar-refractivity contribution in [1.82, 2.24) is 0 Å². The minimum absolute atomic E-state index is 1.23. The van der Waals surface area contributed by atoms with E-state index in [0.29, 0.717) is 0 Å². The lowest BCUT2D eigenvalue weighted by molar-refractivity contribution is 0.558. The quantitative estimate of drug-likeness (QED) is 0.351. The summed E-state index contributed by atoms with van der Waals surface area (Å²) in [5.41, 5.74) is 2.91. The molecular weight excluding hydrogens is 252 g/mol. The molecule has 0 saturated heterocycles. The maximum absolute atomic E-state index is 2.29. The molecular formula is C21H34. The summed E-state index contributed by atoms with van der Waals surface area (Å²) in [7, 11) is 0. The largest absolute Gasteiger partial charge is 0.0838 e. The van der Waals surface area contributed by atoms with E-state index < -0.39 is 0 Å². The van der Waals surface area contributed by atoms with Crippen molar-refractivity contribution >= 4 is 5.57 Å². The molecule has 118 valence electrons. The van der Waals surface area contributed by atoms with Crippen LogP contribution in [-0.4, -0.2) is 0 Å². The number of hydrogen-bond donors (Lipinski definition) is 0. The highest BCUT2D eigenvalue weighted by molar-refractivity contribution is 5.64. The molecule has 0 aromatic heterocycles. The van der Waals surface area contributed by atoms with Crippen LogP contribution in [0, 0.1) is 0 Å². The molecule has 1 rings (SSSR count). The third kappa shape index (κ3) is 8.75. The average molecular weight is 287 g/mol. The Morgan fingerprint density at radius 3 is 1.81 bits per heavy atom. The highest BCUT2D eigenvalue weighted by Gasteiger charge is 2.00. The van der Waals surface area contributed by atoms with E-state index in [9.17, 15) is 0 Å². The van der Waals surface area contributed by atoms with Crippen molar-refractivity contribution in [2.75, 3.05) is 0 Å². The fourth-order valence-corrected chi connectivity index (χ4v) is 2.91. The van der Waals surface area contributed by atoms with Crippen LogP contribution in [0.4, 0.5) is 0 Å². The van der Waals surface area contributed by atoms with Crippen LogP contribution in [0.3, 0.4) is 0 Å². The van der Waals surface area contributed by atoms with E-state index in [-0.39, 0.29) is 0 Å². The summed E-state index contributed by atoms with van der Waals surface area (Å²) >= 11 is 0. The zero-order valence-electron chi connectivity index (χ0n) is 14.2. The second kappa shape index (κ2) is 12.7. The van der Waals surface area contributed by atoms with Crippen molar-refractivity contribution in [2.24, 2.45) is 0 Å². The first-order valence-electron chi connectivity index (χ1n) is 9.09. The molecule has 0 nitrogen and oxygen atoms in total. The van der Waals surface area contributed by atoms with Gasteiger partial charge in [-0.3, -0.25) is 0 Å². The SMILES string of the molecule is CC=C(CCCCCCCCCCCC)c1ccccc1. The smallest absolute Gasteiger partial charge is 0.0228 e. The van der Waals surface area contributed by atoms with Gasteiger partial charge in [0.1, 0.15) is 0 Å². The van der Waals surface area contributed by atoms with Crippen LogP contribution < -0.4 is 0 Å². The maximum Gasteiger partial charge on any atom is -0.0228 e. The molecule has 0 N–H and O–H groups in total. The molecule has 0 fully saturated rings. The fourth-order valence-electron chi connectivity index (χ4n) is 2.91. The van der Waals surface area contributed by atoms with Gasteiger partial charge in [-0.1, -0.05) is 101 Å². The molecule has 1 aromatic carbocycles. The summed E-state index contributed by atoms with van der Waals surface area (Å²) < 4.78 is 0. The van der Waals surface area contributed by atoms with Gasteiger partial charge in [-0.05, 0) is 30.9 Å². The van der Waals surface area contributed by atoms with Crippen LogP contribution in [-0.2, 0) is 0 Å². The van der Waals surface area contributed by atoms with Crippen molar-refractivity contribution in [2.45, 2.75) is 84.5 Å². The molecule has 0 heterocycles. The molecule has 0 bridgehead atoms. The summed E-state index contributed by atoms with van der Waals surface area (Å²) in [5, 5.41) is 0. The van der Waals surface area contributed by atoms with Crippen molar-refractivity contribution in [3.05, 3.63) is 42.0 Å². The maximum atomic E-state index is 2.29. The Morgan fingerprint density at radius 2 is 1.29 bits per heavy atom. The Bertz CT molecular complexity index is 361.